The van der Waals surface area contributed by atoms with Crippen LogP contribution in [0.25, 0.3) is 0 Å². The van der Waals surface area contributed by atoms with Crippen molar-refractivity contribution in [1.29, 1.82) is 0 Å². The van der Waals surface area contributed by atoms with Crippen molar-refractivity contribution in [2.75, 3.05) is 0 Å². The van der Waals surface area contributed by atoms with E-state index in [0.717, 1.165) is 0 Å². The fourth-order valence-corrected chi connectivity index (χ4v) is 0. The third-order valence-corrected chi connectivity index (χ3v) is 0. The van der Waals surface area contributed by atoms with E-state index in [1.54, 1.807) is 0 Å². The Morgan fingerprint density at radius 3 is 1.14 bits per heavy atom. The van der Waals surface area contributed by atoms with E-state index in [1.807, 2.05) is 0 Å². The average Bonchev–Trinajstić information content (AvgIpc) is 0.722. The summed E-state index contributed by atoms with van der Waals surface area (Å²) in [5.74, 6) is 0. The van der Waals surface area contributed by atoms with E-state index in [1.165, 1.54) is 0 Å². The molecule has 0 aromatic heterocycles. The first kappa shape index (κ1) is 16.0. The molecule has 0 spiro atoms. The molecule has 0 unspecified atom stereocenters. The Kier molecular flexibility index (Phi) is 14.1. The van der Waals surface area contributed by atoms with Crippen molar-refractivity contribution >= 4 is 68.9 Å². The molecule has 7 heteroatoms. The van der Waals surface area contributed by atoms with Crippen LogP contribution in [-0.4, -0.2) is 84.6 Å². The third-order valence-electron chi connectivity index (χ3n) is 0. The molecule has 0 heterocycles. The standard InChI is InChI=1S/Ba.4H2O.O.Sb.2H/h;4*1H2;;;;/q;;;;;;+3;;/p-3. The van der Waals surface area contributed by atoms with E-state index in [0.29, 0.717) is 0 Å². The van der Waals surface area contributed by atoms with Gasteiger partial charge in [0, 0.05) is 0 Å². The van der Waals surface area contributed by atoms with Gasteiger partial charge in [0.2, 0.25) is 0 Å². The second kappa shape index (κ2) is 6.15. The zero-order valence-electron chi connectivity index (χ0n) is 2.70. The maximum atomic E-state index is 8.97. The van der Waals surface area contributed by atoms with Gasteiger partial charge in [0.1, 0.15) is 0 Å². The summed E-state index contributed by atoms with van der Waals surface area (Å²) in [6.45, 7) is 0. The summed E-state index contributed by atoms with van der Waals surface area (Å²) in [5, 5.41) is 0. The van der Waals surface area contributed by atoms with Crippen molar-refractivity contribution in [2.24, 2.45) is 0 Å². The molecule has 0 atom stereocenters. The minimum atomic E-state index is -5.35. The Morgan fingerprint density at radius 1 is 1.14 bits per heavy atom. The zero-order valence-corrected chi connectivity index (χ0v) is 5.25. The van der Waals surface area contributed by atoms with Crippen LogP contribution in [0.15, 0.2) is 0 Å². The van der Waals surface area contributed by atoms with Crippen LogP contribution in [0.5, 0.6) is 0 Å². The first-order valence-corrected chi connectivity index (χ1v) is 5.25. The van der Waals surface area contributed by atoms with Gasteiger partial charge in [-0.25, -0.2) is 0 Å². The Labute approximate surface area is 85.8 Å². The molecule has 0 saturated heterocycles. The van der Waals surface area contributed by atoms with Crippen LogP contribution in [0.1, 0.15) is 0 Å². The van der Waals surface area contributed by atoms with Gasteiger partial charge in [-0.1, -0.05) is 0 Å². The minimum absolute atomic E-state index is 0. The second-order valence-electron chi connectivity index (χ2n) is 0.513. The average molecular weight is 346 g/mol. The van der Waals surface area contributed by atoms with Crippen molar-refractivity contribution < 1.29 is 18.6 Å². The fraction of sp³-hybridized carbons (Fsp3) is 0. The Balaban J connectivity index is -0.0000000800. The van der Waals surface area contributed by atoms with Crippen LogP contribution in [0.2, 0.25) is 0 Å². The van der Waals surface area contributed by atoms with Crippen molar-refractivity contribution in [2.45, 2.75) is 0 Å². The van der Waals surface area contributed by atoms with Crippen LogP contribution in [-0.2, 0) is 3.02 Å². The van der Waals surface area contributed by atoms with Gasteiger partial charge in [-0.05, 0) is 0 Å². The van der Waals surface area contributed by atoms with Crippen molar-refractivity contribution in [3.05, 3.63) is 0 Å². The van der Waals surface area contributed by atoms with E-state index < -0.39 is 20.1 Å². The summed E-state index contributed by atoms with van der Waals surface area (Å²) >= 11 is -5.35. The Morgan fingerprint density at radius 2 is 1.14 bits per heavy atom. The Bertz CT molecular complexity index is 54.2. The summed E-state index contributed by atoms with van der Waals surface area (Å²) in [7, 11) is 0. The van der Waals surface area contributed by atoms with E-state index in [9.17, 15) is 0 Å². The van der Waals surface area contributed by atoms with Crippen molar-refractivity contribution in [3.8, 4) is 0 Å². The molecule has 44 valence electrons. The summed E-state index contributed by atoms with van der Waals surface area (Å²) in [4.78, 5) is 0. The number of hydrogen-bond acceptors (Lipinski definition) is 1. The van der Waals surface area contributed by atoms with Gasteiger partial charge in [0.25, 0.3) is 0 Å². The van der Waals surface area contributed by atoms with Crippen LogP contribution < -0.4 is 0 Å². The molecule has 0 saturated carbocycles. The van der Waals surface area contributed by atoms with Gasteiger partial charge < -0.3 is 5.48 Å². The van der Waals surface area contributed by atoms with E-state index in [2.05, 4.69) is 0 Å². The first-order valence-electron chi connectivity index (χ1n) is 0.783. The van der Waals surface area contributed by atoms with Gasteiger partial charge in [0.05, 0.1) is 0 Å². The van der Waals surface area contributed by atoms with Crippen LogP contribution >= 0.6 is 0 Å². The molecular formula is H7BaO5Sb. The number of hydrogen-bond donors (Lipinski definition) is 3. The molecule has 0 aromatic carbocycles. The molecule has 0 aliphatic rings. The van der Waals surface area contributed by atoms with Crippen LogP contribution in [0, 0.1) is 0 Å². The van der Waals surface area contributed by atoms with Gasteiger partial charge >= 0.3 is 82.1 Å². The van der Waals surface area contributed by atoms with Gasteiger partial charge in [0.15, 0.2) is 0 Å². The van der Waals surface area contributed by atoms with Crippen molar-refractivity contribution in [1.82, 2.24) is 0 Å². The molecule has 7 heavy (non-hydrogen) atoms. The Hall–Kier alpha value is 2.03. The molecular weight excluding hydrogens is 339 g/mol. The molecule has 0 amide bonds. The number of rotatable bonds is 0. The van der Waals surface area contributed by atoms with Gasteiger partial charge in [-0.15, -0.1) is 0 Å². The molecule has 0 aromatic rings. The SMILES string of the molecule is O.[BaH2].[O]=[Sb]([OH])([OH])[OH]. The third kappa shape index (κ3) is 70.9. The normalized spacial score (nSPS) is 8.43. The predicted octanol–water partition coefficient (Wildman–Crippen LogP) is -3.91. The van der Waals surface area contributed by atoms with Gasteiger partial charge in [-0.2, -0.15) is 0 Å². The first-order chi connectivity index (χ1) is 2.00. The topological polar surface area (TPSA) is 109 Å². The molecule has 0 bridgehead atoms. The molecule has 0 aliphatic heterocycles. The fourth-order valence-electron chi connectivity index (χ4n) is 0. The van der Waals surface area contributed by atoms with Crippen molar-refractivity contribution in [3.63, 3.8) is 0 Å². The van der Waals surface area contributed by atoms with Gasteiger partial charge in [-0.3, -0.25) is 0 Å². The molecule has 0 fully saturated rings. The van der Waals surface area contributed by atoms with E-state index >= 15 is 0 Å². The van der Waals surface area contributed by atoms with Crippen LogP contribution in [0.4, 0.5) is 0 Å². The summed E-state index contributed by atoms with van der Waals surface area (Å²) in [6, 6.07) is 0. The molecule has 0 radical (unpaired) electrons. The zero-order chi connectivity index (χ0) is 4.50. The summed E-state index contributed by atoms with van der Waals surface area (Å²) in [6.07, 6.45) is 0. The monoisotopic (exact) mass is 346 g/mol. The summed E-state index contributed by atoms with van der Waals surface area (Å²) in [5.41, 5.74) is 0. The van der Waals surface area contributed by atoms with E-state index in [4.69, 9.17) is 13.2 Å². The quantitative estimate of drug-likeness (QED) is 0.390. The molecule has 5 N–H and O–H groups in total. The summed E-state index contributed by atoms with van der Waals surface area (Å²) < 4.78 is 30.8. The molecule has 0 rings (SSSR count). The van der Waals surface area contributed by atoms with E-state index in [-0.39, 0.29) is 54.4 Å². The van der Waals surface area contributed by atoms with Crippen LogP contribution in [0.3, 0.4) is 0 Å². The second-order valence-corrected chi connectivity index (χ2v) is 3.44. The maximum absolute atomic E-state index is 8.97. The molecule has 0 aliphatic carbocycles. The molecule has 5 nitrogen and oxygen atoms in total. The predicted molar refractivity (Wildman–Crippen MR) is 25.3 cm³/mol.